The number of carbonyl (C=O) groups excluding carboxylic acids is 1. The highest BCUT2D eigenvalue weighted by molar-refractivity contribution is 7.11. The van der Waals surface area contributed by atoms with E-state index in [2.05, 4.69) is 4.98 Å². The number of aryl methyl sites for hydroxylation is 1. The minimum atomic E-state index is 0.0639. The van der Waals surface area contributed by atoms with E-state index < -0.39 is 0 Å². The van der Waals surface area contributed by atoms with Gasteiger partial charge in [-0.3, -0.25) is 4.79 Å². The topological polar surface area (TPSA) is 33.2 Å². The fraction of sp³-hybridized carbons (Fsp3) is 0.600. The number of hydrogen-bond donors (Lipinski definition) is 0. The smallest absolute Gasteiger partial charge is 0.225 e. The van der Waals surface area contributed by atoms with Gasteiger partial charge in [-0.1, -0.05) is 13.8 Å². The lowest BCUT2D eigenvalue weighted by atomic mass is 10.2. The third kappa shape index (κ3) is 2.80. The first-order chi connectivity index (χ1) is 6.50. The molecule has 0 unspecified atom stereocenters. The molecule has 0 saturated heterocycles. The fourth-order valence-corrected chi connectivity index (χ4v) is 2.08. The molecule has 1 aromatic rings. The van der Waals surface area contributed by atoms with Gasteiger partial charge in [-0.2, -0.15) is 0 Å². The van der Waals surface area contributed by atoms with Gasteiger partial charge in [0.2, 0.25) is 5.91 Å². The van der Waals surface area contributed by atoms with E-state index in [1.165, 1.54) is 0 Å². The average molecular weight is 212 g/mol. The van der Waals surface area contributed by atoms with Crippen molar-refractivity contribution in [1.29, 1.82) is 0 Å². The summed E-state index contributed by atoms with van der Waals surface area (Å²) in [4.78, 5) is 18.6. The Hall–Kier alpha value is -0.900. The maximum atomic E-state index is 11.6. The third-order valence-electron chi connectivity index (χ3n) is 1.93. The maximum absolute atomic E-state index is 11.6. The lowest BCUT2D eigenvalue weighted by molar-refractivity contribution is -0.133. The predicted octanol–water partition coefficient (Wildman–Crippen LogP) is 2.07. The number of rotatable bonds is 3. The van der Waals surface area contributed by atoms with Crippen LogP contribution in [0.3, 0.4) is 0 Å². The van der Waals surface area contributed by atoms with Crippen molar-refractivity contribution >= 4 is 17.2 Å². The van der Waals surface area contributed by atoms with Crippen LogP contribution in [0.1, 0.15) is 23.7 Å². The molecule has 1 rings (SSSR count). The van der Waals surface area contributed by atoms with Gasteiger partial charge in [0, 0.05) is 24.0 Å². The summed E-state index contributed by atoms with van der Waals surface area (Å²) < 4.78 is 0. The summed E-state index contributed by atoms with van der Waals surface area (Å²) in [6, 6.07) is 0. The van der Waals surface area contributed by atoms with Crippen LogP contribution in [0.5, 0.6) is 0 Å². The average Bonchev–Trinajstić information content (AvgIpc) is 2.49. The Balaban J connectivity index is 2.57. The number of thiazole rings is 1. The maximum Gasteiger partial charge on any atom is 0.225 e. The van der Waals surface area contributed by atoms with Crippen molar-refractivity contribution in [3.63, 3.8) is 0 Å². The van der Waals surface area contributed by atoms with Gasteiger partial charge in [0.25, 0.3) is 0 Å². The molecule has 0 aliphatic rings. The molecule has 0 aromatic carbocycles. The quantitative estimate of drug-likeness (QED) is 0.768. The molecule has 1 heterocycles. The van der Waals surface area contributed by atoms with Gasteiger partial charge in [0.05, 0.1) is 11.6 Å². The van der Waals surface area contributed by atoms with E-state index >= 15 is 0 Å². The molecule has 1 aromatic heterocycles. The van der Waals surface area contributed by atoms with Crippen LogP contribution in [0.15, 0.2) is 6.20 Å². The first-order valence-electron chi connectivity index (χ1n) is 4.67. The van der Waals surface area contributed by atoms with Crippen molar-refractivity contribution in [3.8, 4) is 0 Å². The molecule has 1 amide bonds. The SMILES string of the molecule is Cc1ncc(CN(C)C(=O)C(C)C)s1. The van der Waals surface area contributed by atoms with E-state index in [9.17, 15) is 4.79 Å². The van der Waals surface area contributed by atoms with Crippen molar-refractivity contribution in [3.05, 3.63) is 16.1 Å². The van der Waals surface area contributed by atoms with E-state index in [1.54, 1.807) is 16.2 Å². The summed E-state index contributed by atoms with van der Waals surface area (Å²) in [5, 5.41) is 1.05. The first-order valence-corrected chi connectivity index (χ1v) is 5.48. The van der Waals surface area contributed by atoms with Gasteiger partial charge in [0.1, 0.15) is 0 Å². The van der Waals surface area contributed by atoms with Crippen LogP contribution in [0, 0.1) is 12.8 Å². The Kier molecular flexibility index (Phi) is 3.63. The Bertz CT molecular complexity index is 320. The zero-order valence-corrected chi connectivity index (χ0v) is 9.89. The zero-order chi connectivity index (χ0) is 10.7. The summed E-state index contributed by atoms with van der Waals surface area (Å²) in [5.41, 5.74) is 0. The number of carbonyl (C=O) groups is 1. The molecule has 0 saturated carbocycles. The van der Waals surface area contributed by atoms with Crippen LogP contribution in [0.25, 0.3) is 0 Å². The molecule has 0 bridgehead atoms. The molecule has 0 atom stereocenters. The Morgan fingerprint density at radius 3 is 2.71 bits per heavy atom. The number of aromatic nitrogens is 1. The van der Waals surface area contributed by atoms with E-state index in [0.717, 1.165) is 9.88 Å². The monoisotopic (exact) mass is 212 g/mol. The molecule has 0 radical (unpaired) electrons. The minimum Gasteiger partial charge on any atom is -0.340 e. The molecule has 0 aliphatic carbocycles. The molecule has 78 valence electrons. The highest BCUT2D eigenvalue weighted by Crippen LogP contribution is 2.14. The highest BCUT2D eigenvalue weighted by atomic mass is 32.1. The molecule has 0 aliphatic heterocycles. The summed E-state index contributed by atoms with van der Waals surface area (Å²) in [7, 11) is 1.83. The van der Waals surface area contributed by atoms with Crippen molar-refractivity contribution in [2.45, 2.75) is 27.3 Å². The van der Waals surface area contributed by atoms with Crippen molar-refractivity contribution < 1.29 is 4.79 Å². The summed E-state index contributed by atoms with van der Waals surface area (Å²) in [6.07, 6.45) is 1.84. The van der Waals surface area contributed by atoms with Gasteiger partial charge in [-0.05, 0) is 6.92 Å². The summed E-state index contributed by atoms with van der Waals surface area (Å²) in [6.45, 7) is 6.47. The van der Waals surface area contributed by atoms with Crippen LogP contribution in [0.2, 0.25) is 0 Å². The van der Waals surface area contributed by atoms with Gasteiger partial charge < -0.3 is 4.90 Å². The lowest BCUT2D eigenvalue weighted by Gasteiger charge is -2.17. The van der Waals surface area contributed by atoms with Crippen LogP contribution < -0.4 is 0 Å². The van der Waals surface area contributed by atoms with Crippen molar-refractivity contribution in [2.24, 2.45) is 5.92 Å². The molecule has 3 nitrogen and oxygen atoms in total. The number of hydrogen-bond acceptors (Lipinski definition) is 3. The largest absolute Gasteiger partial charge is 0.340 e. The summed E-state index contributed by atoms with van der Waals surface area (Å²) in [5.74, 6) is 0.241. The van der Waals surface area contributed by atoms with E-state index in [4.69, 9.17) is 0 Å². The van der Waals surface area contributed by atoms with Gasteiger partial charge in [0.15, 0.2) is 0 Å². The predicted molar refractivity (Wildman–Crippen MR) is 58.2 cm³/mol. The second-order valence-electron chi connectivity index (χ2n) is 3.69. The fourth-order valence-electron chi connectivity index (χ4n) is 1.23. The van der Waals surface area contributed by atoms with Crippen LogP contribution in [-0.2, 0) is 11.3 Å². The van der Waals surface area contributed by atoms with E-state index in [1.807, 2.05) is 34.0 Å². The standard InChI is InChI=1S/C10H16N2OS/c1-7(2)10(13)12(4)6-9-5-11-8(3)14-9/h5,7H,6H2,1-4H3. The molecule has 14 heavy (non-hydrogen) atoms. The Morgan fingerprint density at radius 1 is 1.64 bits per heavy atom. The highest BCUT2D eigenvalue weighted by Gasteiger charge is 2.13. The number of amides is 1. The second kappa shape index (κ2) is 4.55. The molecule has 0 spiro atoms. The molecule has 4 heteroatoms. The normalized spacial score (nSPS) is 10.6. The van der Waals surface area contributed by atoms with Crippen LogP contribution in [-0.4, -0.2) is 22.8 Å². The van der Waals surface area contributed by atoms with E-state index in [0.29, 0.717) is 6.54 Å². The molecule has 0 N–H and O–H groups in total. The van der Waals surface area contributed by atoms with Crippen LogP contribution in [0.4, 0.5) is 0 Å². The number of nitrogens with zero attached hydrogens (tertiary/aromatic N) is 2. The Morgan fingerprint density at radius 2 is 2.29 bits per heavy atom. The molecule has 0 fully saturated rings. The van der Waals surface area contributed by atoms with Gasteiger partial charge >= 0.3 is 0 Å². The molecular weight excluding hydrogens is 196 g/mol. The molecular formula is C10H16N2OS. The zero-order valence-electron chi connectivity index (χ0n) is 9.07. The summed E-state index contributed by atoms with van der Waals surface area (Å²) >= 11 is 1.64. The second-order valence-corrected chi connectivity index (χ2v) is 5.01. The van der Waals surface area contributed by atoms with Crippen LogP contribution >= 0.6 is 11.3 Å². The van der Waals surface area contributed by atoms with Gasteiger partial charge in [-0.15, -0.1) is 11.3 Å². The lowest BCUT2D eigenvalue weighted by Crippen LogP contribution is -2.29. The van der Waals surface area contributed by atoms with Crippen molar-refractivity contribution in [2.75, 3.05) is 7.05 Å². The third-order valence-corrected chi connectivity index (χ3v) is 2.83. The van der Waals surface area contributed by atoms with E-state index in [-0.39, 0.29) is 11.8 Å². The van der Waals surface area contributed by atoms with Crippen molar-refractivity contribution in [1.82, 2.24) is 9.88 Å². The first kappa shape index (κ1) is 11.2. The Labute approximate surface area is 88.8 Å². The van der Waals surface area contributed by atoms with Gasteiger partial charge in [-0.25, -0.2) is 4.98 Å². The minimum absolute atomic E-state index is 0.0639.